The van der Waals surface area contributed by atoms with Gasteiger partial charge < -0.3 is 28.8 Å². The van der Waals surface area contributed by atoms with Crippen LogP contribution >= 0.6 is 0 Å². The molecule has 2 N–H and O–H groups in total. The maximum Gasteiger partial charge on any atom is 0.291 e. The Bertz CT molecular complexity index is 1260. The average Bonchev–Trinajstić information content (AvgIpc) is 3.42. The Kier molecular flexibility index (Phi) is 10.3. The molecule has 11 heteroatoms. The minimum absolute atomic E-state index is 0.212. The molecular weight excluding hydrogens is 538 g/mol. The van der Waals surface area contributed by atoms with Crippen molar-refractivity contribution in [3.63, 3.8) is 0 Å². The molecule has 2 aromatic rings. The molecule has 3 heterocycles. The number of methoxy groups -OCH3 is 2. The van der Waals surface area contributed by atoms with Crippen molar-refractivity contribution in [3.05, 3.63) is 64.6 Å². The molecule has 1 fully saturated rings. The lowest BCUT2D eigenvalue weighted by Gasteiger charge is -2.34. The Balaban J connectivity index is 1.40. The van der Waals surface area contributed by atoms with Gasteiger partial charge in [0.15, 0.2) is 17.7 Å². The topological polar surface area (TPSA) is 101 Å². The highest BCUT2D eigenvalue weighted by Crippen LogP contribution is 2.21. The number of morpholine rings is 1. The second-order valence-electron chi connectivity index (χ2n) is 11.6. The van der Waals surface area contributed by atoms with Crippen molar-refractivity contribution < 1.29 is 23.4 Å². The van der Waals surface area contributed by atoms with E-state index in [2.05, 4.69) is 65.3 Å². The van der Waals surface area contributed by atoms with Crippen molar-refractivity contribution in [1.29, 1.82) is 0 Å². The van der Waals surface area contributed by atoms with Crippen LogP contribution in [0.1, 0.15) is 33.9 Å². The van der Waals surface area contributed by atoms with E-state index in [0.29, 0.717) is 18.0 Å². The molecule has 1 aromatic carbocycles. The summed E-state index contributed by atoms with van der Waals surface area (Å²) in [5.41, 5.74) is 2.77. The number of carbonyl (C=O) groups excluding carboxylic acids is 1. The van der Waals surface area contributed by atoms with Crippen LogP contribution in [0.4, 0.5) is 0 Å². The van der Waals surface area contributed by atoms with Crippen molar-refractivity contribution in [2.75, 3.05) is 60.7 Å². The number of hydrogen-bond acceptors (Lipinski definition) is 9. The Labute approximate surface area is 244 Å². The molecule has 0 spiro atoms. The number of hydrogen-bond donors (Lipinski definition) is 2. The van der Waals surface area contributed by atoms with Crippen LogP contribution < -0.4 is 15.8 Å². The quantitative estimate of drug-likeness (QED) is 0.308. The zero-order chi connectivity index (χ0) is 29.6. The Hall–Kier alpha value is -3.12. The Morgan fingerprint density at radius 3 is 2.56 bits per heavy atom. The zero-order valence-corrected chi connectivity index (χ0v) is 26.5. The molecule has 0 radical (unpaired) electrons. The first-order valence-electron chi connectivity index (χ1n) is 14.3. The van der Waals surface area contributed by atoms with Gasteiger partial charge in [0.05, 0.1) is 35.5 Å². The van der Waals surface area contributed by atoms with Crippen LogP contribution in [0.5, 0.6) is 0 Å². The maximum absolute atomic E-state index is 13.3. The van der Waals surface area contributed by atoms with Gasteiger partial charge in [0.25, 0.3) is 5.91 Å². The van der Waals surface area contributed by atoms with E-state index >= 15 is 0 Å². The van der Waals surface area contributed by atoms with E-state index in [1.807, 2.05) is 18.0 Å². The highest BCUT2D eigenvalue weighted by molar-refractivity contribution is 6.88. The summed E-state index contributed by atoms with van der Waals surface area (Å²) >= 11 is 0. The summed E-state index contributed by atoms with van der Waals surface area (Å²) in [5, 5.41) is 7.75. The minimum atomic E-state index is -1.44. The van der Waals surface area contributed by atoms with E-state index < -0.39 is 20.3 Å². The van der Waals surface area contributed by atoms with E-state index in [4.69, 9.17) is 18.6 Å². The number of rotatable bonds is 11. The molecule has 4 rings (SSSR count). The summed E-state index contributed by atoms with van der Waals surface area (Å²) in [6, 6.07) is 10.2. The third-order valence-corrected chi connectivity index (χ3v) is 9.57. The average molecular weight is 584 g/mol. The Morgan fingerprint density at radius 1 is 1.12 bits per heavy atom. The van der Waals surface area contributed by atoms with Crippen LogP contribution in [-0.2, 0) is 20.6 Å². The van der Waals surface area contributed by atoms with Gasteiger partial charge in [0, 0.05) is 33.1 Å². The highest BCUT2D eigenvalue weighted by Gasteiger charge is 2.32. The SMILES string of the molecule is COC1=NC(NCCCN2CCOCC2)N(C)C(OC)=C1NC(=O)c1ccc(Cc2cc([Si](C)(C)C)ccc2C)o1. The monoisotopic (exact) mass is 583 g/mol. The third-order valence-electron chi connectivity index (χ3n) is 7.53. The largest absolute Gasteiger partial charge is 0.481 e. The number of carbonyl (C=O) groups is 1. The first-order valence-corrected chi connectivity index (χ1v) is 17.8. The first kappa shape index (κ1) is 30.8. The predicted octanol–water partition coefficient (Wildman–Crippen LogP) is 2.86. The number of nitrogens with zero attached hydrogens (tertiary/aromatic N) is 3. The van der Waals surface area contributed by atoms with Crippen molar-refractivity contribution in [2.24, 2.45) is 4.99 Å². The van der Waals surface area contributed by atoms with Crippen molar-refractivity contribution in [2.45, 2.75) is 45.7 Å². The van der Waals surface area contributed by atoms with Gasteiger partial charge in [-0.05, 0) is 43.1 Å². The van der Waals surface area contributed by atoms with Gasteiger partial charge in [-0.15, -0.1) is 0 Å². The highest BCUT2D eigenvalue weighted by atomic mass is 28.3. The molecular formula is C30H45N5O5Si. The molecule has 1 atom stereocenters. The fraction of sp³-hybridized carbons (Fsp3) is 0.533. The van der Waals surface area contributed by atoms with E-state index in [9.17, 15) is 4.79 Å². The van der Waals surface area contributed by atoms with Crippen LogP contribution in [-0.4, -0.2) is 96.6 Å². The summed E-state index contributed by atoms with van der Waals surface area (Å²) in [6.07, 6.45) is 1.20. The van der Waals surface area contributed by atoms with Gasteiger partial charge in [-0.25, -0.2) is 4.99 Å². The smallest absolute Gasteiger partial charge is 0.291 e. The summed E-state index contributed by atoms with van der Waals surface area (Å²) in [5.74, 6) is 1.27. The lowest BCUT2D eigenvalue weighted by Crippen LogP contribution is -2.49. The molecule has 2 aliphatic heterocycles. The molecule has 0 aliphatic carbocycles. The number of amides is 1. The van der Waals surface area contributed by atoms with Gasteiger partial charge in [-0.2, -0.15) is 0 Å². The zero-order valence-electron chi connectivity index (χ0n) is 25.5. The van der Waals surface area contributed by atoms with Crippen LogP contribution in [0.25, 0.3) is 0 Å². The number of ether oxygens (including phenoxy) is 3. The maximum atomic E-state index is 13.3. The number of benzene rings is 1. The minimum Gasteiger partial charge on any atom is -0.481 e. The standard InChI is InChI=1S/C30H45N5O5Si/c1-21-9-11-24(41(5,6)7)20-22(21)19-23-10-12-25(40-23)27(36)32-26-28(37-3)33-30(34(2)29(26)38-4)31-13-8-14-35-15-17-39-18-16-35/h9-12,20,30-31H,8,13-19H2,1-7H3,(H,32,36). The summed E-state index contributed by atoms with van der Waals surface area (Å²) < 4.78 is 22.7. The molecule has 0 saturated carbocycles. The lowest BCUT2D eigenvalue weighted by molar-refractivity contribution is 0.0369. The molecule has 0 bridgehead atoms. The van der Waals surface area contributed by atoms with Crippen LogP contribution in [0.2, 0.25) is 19.6 Å². The molecule has 41 heavy (non-hydrogen) atoms. The van der Waals surface area contributed by atoms with Crippen molar-refractivity contribution in [1.82, 2.24) is 20.4 Å². The van der Waals surface area contributed by atoms with Crippen LogP contribution in [0.3, 0.4) is 0 Å². The summed E-state index contributed by atoms with van der Waals surface area (Å²) in [7, 11) is 3.52. The number of furan rings is 1. The normalized spacial score (nSPS) is 18.4. The van der Waals surface area contributed by atoms with Crippen molar-refractivity contribution in [3.8, 4) is 0 Å². The molecule has 1 aromatic heterocycles. The lowest BCUT2D eigenvalue weighted by atomic mass is 10.0. The van der Waals surface area contributed by atoms with Gasteiger partial charge in [0.2, 0.25) is 11.8 Å². The second-order valence-corrected chi connectivity index (χ2v) is 16.6. The first-order chi connectivity index (χ1) is 19.6. The Morgan fingerprint density at radius 2 is 1.88 bits per heavy atom. The summed E-state index contributed by atoms with van der Waals surface area (Å²) in [6.45, 7) is 14.4. The molecule has 2 aliphatic rings. The fourth-order valence-corrected chi connectivity index (χ4v) is 6.17. The van der Waals surface area contributed by atoms with Gasteiger partial charge in [-0.1, -0.05) is 43.0 Å². The molecule has 1 amide bonds. The molecule has 1 saturated heterocycles. The van der Waals surface area contributed by atoms with E-state index in [1.54, 1.807) is 13.2 Å². The number of nitrogens with one attached hydrogen (secondary N) is 2. The van der Waals surface area contributed by atoms with Crippen LogP contribution in [0, 0.1) is 6.92 Å². The van der Waals surface area contributed by atoms with Gasteiger partial charge in [-0.3, -0.25) is 15.0 Å². The van der Waals surface area contributed by atoms with E-state index in [-0.39, 0.29) is 11.7 Å². The van der Waals surface area contributed by atoms with E-state index in [1.165, 1.54) is 23.4 Å². The molecule has 10 nitrogen and oxygen atoms in total. The number of aliphatic imine (C=N–C) groups is 1. The predicted molar refractivity (Wildman–Crippen MR) is 163 cm³/mol. The molecule has 1 unspecified atom stereocenters. The van der Waals surface area contributed by atoms with Crippen LogP contribution in [0.15, 0.2) is 51.3 Å². The second kappa shape index (κ2) is 13.7. The van der Waals surface area contributed by atoms with Crippen molar-refractivity contribution >= 4 is 25.1 Å². The summed E-state index contributed by atoms with van der Waals surface area (Å²) in [4.78, 5) is 22.2. The fourth-order valence-electron chi connectivity index (χ4n) is 4.98. The molecule has 224 valence electrons. The van der Waals surface area contributed by atoms with Gasteiger partial charge >= 0.3 is 0 Å². The number of aryl methyl sites for hydroxylation is 1. The van der Waals surface area contributed by atoms with Gasteiger partial charge in [0.1, 0.15) is 5.76 Å². The third kappa shape index (κ3) is 7.79. The van der Waals surface area contributed by atoms with E-state index in [0.717, 1.165) is 51.6 Å².